The Labute approximate surface area is 235 Å². The van der Waals surface area contributed by atoms with Crippen LogP contribution in [0.3, 0.4) is 0 Å². The maximum atomic E-state index is 12.6. The molecule has 3 amide bonds. The molecule has 0 radical (unpaired) electrons. The van der Waals surface area contributed by atoms with Crippen LogP contribution in [-0.2, 0) is 0 Å². The van der Waals surface area contributed by atoms with Gasteiger partial charge in [0, 0.05) is 17.3 Å². The van der Waals surface area contributed by atoms with Gasteiger partial charge in [0.15, 0.2) is 0 Å². The van der Waals surface area contributed by atoms with E-state index in [1.807, 2.05) is 24.3 Å². The van der Waals surface area contributed by atoms with Crippen molar-refractivity contribution in [2.24, 2.45) is 10.2 Å². The second-order valence-electron chi connectivity index (χ2n) is 8.42. The van der Waals surface area contributed by atoms with Gasteiger partial charge in [-0.3, -0.25) is 14.4 Å². The van der Waals surface area contributed by atoms with Crippen LogP contribution < -0.4 is 25.6 Å². The number of rotatable bonds is 10. The van der Waals surface area contributed by atoms with E-state index in [0.717, 1.165) is 11.1 Å². The van der Waals surface area contributed by atoms with E-state index in [0.29, 0.717) is 22.6 Å². The highest BCUT2D eigenvalue weighted by atomic mass is 16.5. The van der Waals surface area contributed by atoms with E-state index in [9.17, 15) is 14.4 Å². The third-order valence-corrected chi connectivity index (χ3v) is 5.62. The molecule has 3 N–H and O–H groups in total. The zero-order valence-electron chi connectivity index (χ0n) is 22.2. The predicted molar refractivity (Wildman–Crippen MR) is 155 cm³/mol. The molecule has 11 nitrogen and oxygen atoms in total. The van der Waals surface area contributed by atoms with Gasteiger partial charge in [-0.1, -0.05) is 24.3 Å². The Morgan fingerprint density at radius 1 is 0.659 bits per heavy atom. The van der Waals surface area contributed by atoms with Crippen molar-refractivity contribution in [1.82, 2.24) is 15.8 Å². The number of hydrogen-bond donors (Lipinski definition) is 3. The number of benzene rings is 3. The van der Waals surface area contributed by atoms with Crippen molar-refractivity contribution in [3.05, 3.63) is 119 Å². The molecule has 0 fully saturated rings. The largest absolute Gasteiger partial charge is 0.497 e. The van der Waals surface area contributed by atoms with Crippen LogP contribution in [0.2, 0.25) is 0 Å². The summed E-state index contributed by atoms with van der Waals surface area (Å²) in [6, 6.07) is 23.5. The Bertz CT molecular complexity index is 1580. The highest BCUT2D eigenvalue weighted by molar-refractivity contribution is 6.05. The summed E-state index contributed by atoms with van der Waals surface area (Å²) in [6.07, 6.45) is 4.32. The van der Waals surface area contributed by atoms with Gasteiger partial charge in [-0.15, -0.1) is 0 Å². The first kappa shape index (κ1) is 28.2. The topological polar surface area (TPSA) is 143 Å². The van der Waals surface area contributed by atoms with Crippen LogP contribution >= 0.6 is 0 Å². The Morgan fingerprint density at radius 2 is 1.15 bits per heavy atom. The van der Waals surface area contributed by atoms with Crippen molar-refractivity contribution < 1.29 is 23.9 Å². The molecule has 4 aromatic rings. The summed E-state index contributed by atoms with van der Waals surface area (Å²) in [4.78, 5) is 41.5. The molecule has 0 bridgehead atoms. The number of nitrogens with one attached hydrogen (secondary N) is 3. The second kappa shape index (κ2) is 13.8. The minimum atomic E-state index is -0.462. The molecular formula is C30H26N6O5. The van der Waals surface area contributed by atoms with E-state index in [4.69, 9.17) is 9.47 Å². The highest BCUT2D eigenvalue weighted by Crippen LogP contribution is 2.13. The number of carbonyl (C=O) groups excluding carboxylic acids is 3. The van der Waals surface area contributed by atoms with Crippen LogP contribution in [0.25, 0.3) is 0 Å². The predicted octanol–water partition coefficient (Wildman–Crippen LogP) is 3.88. The maximum absolute atomic E-state index is 12.6. The van der Waals surface area contributed by atoms with Crippen molar-refractivity contribution >= 4 is 36.0 Å². The molecule has 0 aliphatic heterocycles. The summed E-state index contributed by atoms with van der Waals surface area (Å²) >= 11 is 0. The maximum Gasteiger partial charge on any atom is 0.272 e. The van der Waals surface area contributed by atoms with Gasteiger partial charge in [-0.25, -0.2) is 15.8 Å². The molecule has 0 spiro atoms. The lowest BCUT2D eigenvalue weighted by molar-refractivity contribution is 0.0946. The van der Waals surface area contributed by atoms with Crippen LogP contribution in [-0.4, -0.2) is 49.4 Å². The van der Waals surface area contributed by atoms with Crippen LogP contribution in [0.15, 0.2) is 101 Å². The first-order valence-electron chi connectivity index (χ1n) is 12.3. The minimum absolute atomic E-state index is 0.250. The molecule has 0 saturated heterocycles. The molecule has 3 aromatic carbocycles. The minimum Gasteiger partial charge on any atom is -0.497 e. The van der Waals surface area contributed by atoms with Gasteiger partial charge in [0.2, 0.25) is 0 Å². The molecule has 1 aromatic heterocycles. The fourth-order valence-corrected chi connectivity index (χ4v) is 3.47. The molecule has 206 valence electrons. The average Bonchev–Trinajstić information content (AvgIpc) is 3.01. The monoisotopic (exact) mass is 550 g/mol. The van der Waals surface area contributed by atoms with Gasteiger partial charge < -0.3 is 14.8 Å². The van der Waals surface area contributed by atoms with E-state index >= 15 is 0 Å². The van der Waals surface area contributed by atoms with Gasteiger partial charge in [0.05, 0.1) is 32.2 Å². The normalized spacial score (nSPS) is 10.8. The molecule has 1 heterocycles. The van der Waals surface area contributed by atoms with Gasteiger partial charge in [0.25, 0.3) is 17.7 Å². The Morgan fingerprint density at radius 3 is 1.63 bits per heavy atom. The third-order valence-electron chi connectivity index (χ3n) is 5.62. The molecule has 4 rings (SSSR count). The zero-order chi connectivity index (χ0) is 29.0. The van der Waals surface area contributed by atoms with Crippen molar-refractivity contribution in [3.63, 3.8) is 0 Å². The Hall–Kier alpha value is -5.84. The lowest BCUT2D eigenvalue weighted by Gasteiger charge is -2.06. The summed E-state index contributed by atoms with van der Waals surface area (Å²) in [7, 11) is 3.13. The molecular weight excluding hydrogens is 524 g/mol. The number of hydrazone groups is 2. The number of anilines is 1. The molecule has 0 aliphatic carbocycles. The first-order chi connectivity index (χ1) is 19.9. The molecule has 0 aliphatic rings. The standard InChI is InChI=1S/C30H26N6O5/c1-40-25-7-3-5-20(15-25)17-32-35-29(38)23-11-9-22(10-12-23)28(37)34-27-14-13-24(19-31-27)30(39)36-33-18-21-6-4-8-26(16-21)41-2/h3-19H,1-2H3,(H,35,38)(H,36,39)(H,31,34,37)/b32-17+,33-18+. The summed E-state index contributed by atoms with van der Waals surface area (Å²) < 4.78 is 10.3. The van der Waals surface area contributed by atoms with Gasteiger partial charge in [-0.2, -0.15) is 10.2 Å². The van der Waals surface area contributed by atoms with Crippen molar-refractivity contribution in [2.45, 2.75) is 0 Å². The van der Waals surface area contributed by atoms with Crippen molar-refractivity contribution in [1.29, 1.82) is 0 Å². The number of carbonyl (C=O) groups is 3. The molecule has 41 heavy (non-hydrogen) atoms. The van der Waals surface area contributed by atoms with E-state index in [1.54, 1.807) is 38.5 Å². The number of aromatic nitrogens is 1. The lowest BCUT2D eigenvalue weighted by atomic mass is 10.1. The van der Waals surface area contributed by atoms with Gasteiger partial charge >= 0.3 is 0 Å². The summed E-state index contributed by atoms with van der Waals surface area (Å²) in [5, 5.41) is 10.5. The molecule has 11 heteroatoms. The molecule has 0 atom stereocenters. The quantitative estimate of drug-likeness (QED) is 0.202. The number of ether oxygens (including phenoxy) is 2. The second-order valence-corrected chi connectivity index (χ2v) is 8.42. The Balaban J connectivity index is 1.27. The smallest absolute Gasteiger partial charge is 0.272 e. The van der Waals surface area contributed by atoms with Crippen molar-refractivity contribution in [2.75, 3.05) is 19.5 Å². The first-order valence-corrected chi connectivity index (χ1v) is 12.3. The third kappa shape index (κ3) is 8.07. The van der Waals surface area contributed by atoms with Crippen LogP contribution in [0.5, 0.6) is 11.5 Å². The number of methoxy groups -OCH3 is 2. The average molecular weight is 551 g/mol. The van der Waals surface area contributed by atoms with Crippen LogP contribution in [0.4, 0.5) is 5.82 Å². The summed E-state index contributed by atoms with van der Waals surface area (Å²) in [5.74, 6) is 0.281. The summed E-state index contributed by atoms with van der Waals surface area (Å²) in [6.45, 7) is 0. The Kier molecular flexibility index (Phi) is 9.49. The van der Waals surface area contributed by atoms with Crippen LogP contribution in [0.1, 0.15) is 42.2 Å². The lowest BCUT2D eigenvalue weighted by Crippen LogP contribution is -2.19. The number of nitrogens with zero attached hydrogens (tertiary/aromatic N) is 3. The fourth-order valence-electron chi connectivity index (χ4n) is 3.47. The SMILES string of the molecule is COc1cccc(/C=N/NC(=O)c2ccc(C(=O)Nc3ccc(C(=O)N/N=C/c4cccc(OC)c4)cn3)cc2)c1. The zero-order valence-corrected chi connectivity index (χ0v) is 22.2. The highest BCUT2D eigenvalue weighted by Gasteiger charge is 2.11. The summed E-state index contributed by atoms with van der Waals surface area (Å²) in [5.41, 5.74) is 7.29. The number of amides is 3. The van der Waals surface area contributed by atoms with Crippen molar-refractivity contribution in [3.8, 4) is 11.5 Å². The van der Waals surface area contributed by atoms with Gasteiger partial charge in [-0.05, 0) is 71.8 Å². The van der Waals surface area contributed by atoms with E-state index in [2.05, 4.69) is 31.4 Å². The van der Waals surface area contributed by atoms with Crippen LogP contribution in [0, 0.1) is 0 Å². The van der Waals surface area contributed by atoms with Gasteiger partial charge in [0.1, 0.15) is 17.3 Å². The number of hydrogen-bond acceptors (Lipinski definition) is 8. The molecule has 0 saturated carbocycles. The molecule has 0 unspecified atom stereocenters. The van der Waals surface area contributed by atoms with E-state index in [1.165, 1.54) is 55.0 Å². The number of pyridine rings is 1. The van der Waals surface area contributed by atoms with E-state index in [-0.39, 0.29) is 11.4 Å². The van der Waals surface area contributed by atoms with E-state index < -0.39 is 17.7 Å². The fraction of sp³-hybridized carbons (Fsp3) is 0.0667.